The minimum absolute atomic E-state index is 0.331. The number of aldehydes is 1. The maximum atomic E-state index is 10.3. The van der Waals surface area contributed by atoms with Crippen molar-refractivity contribution in [2.24, 2.45) is 0 Å². The Bertz CT molecular complexity index is 292. The van der Waals surface area contributed by atoms with Gasteiger partial charge in [-0.3, -0.25) is 4.79 Å². The lowest BCUT2D eigenvalue weighted by Gasteiger charge is -2.02. The fourth-order valence-electron chi connectivity index (χ4n) is 1.47. The standard InChI is InChI=1S/C9H11NO2S/c11-6-7-5-10-9(12-7)4-8-2-1-3-13-8/h5-6,8H,1-4H2. The summed E-state index contributed by atoms with van der Waals surface area (Å²) in [5.74, 6) is 2.27. The normalized spacial score (nSPS) is 22.0. The third-order valence-electron chi connectivity index (χ3n) is 2.11. The van der Waals surface area contributed by atoms with Crippen LogP contribution < -0.4 is 0 Å². The topological polar surface area (TPSA) is 43.1 Å². The van der Waals surface area contributed by atoms with Crippen LogP contribution >= 0.6 is 11.8 Å². The number of carbonyl (C=O) groups is 1. The first kappa shape index (κ1) is 8.81. The number of hydrogen-bond acceptors (Lipinski definition) is 4. The van der Waals surface area contributed by atoms with Crippen molar-refractivity contribution in [3.8, 4) is 0 Å². The molecule has 1 fully saturated rings. The number of nitrogens with zero attached hydrogens (tertiary/aromatic N) is 1. The summed E-state index contributed by atoms with van der Waals surface area (Å²) >= 11 is 1.97. The molecule has 1 aromatic rings. The van der Waals surface area contributed by atoms with Crippen molar-refractivity contribution in [2.45, 2.75) is 24.5 Å². The van der Waals surface area contributed by atoms with Crippen molar-refractivity contribution in [2.75, 3.05) is 5.75 Å². The van der Waals surface area contributed by atoms with E-state index in [9.17, 15) is 4.79 Å². The molecule has 3 nitrogen and oxygen atoms in total. The number of rotatable bonds is 3. The molecule has 1 aliphatic heterocycles. The van der Waals surface area contributed by atoms with E-state index in [1.54, 1.807) is 0 Å². The Kier molecular flexibility index (Phi) is 2.68. The molecule has 0 aromatic carbocycles. The minimum Gasteiger partial charge on any atom is -0.438 e. The maximum absolute atomic E-state index is 10.3. The molecule has 0 radical (unpaired) electrons. The van der Waals surface area contributed by atoms with E-state index in [2.05, 4.69) is 4.98 Å². The van der Waals surface area contributed by atoms with Gasteiger partial charge in [-0.05, 0) is 18.6 Å². The average molecular weight is 197 g/mol. The molecule has 2 rings (SSSR count). The smallest absolute Gasteiger partial charge is 0.196 e. The highest BCUT2D eigenvalue weighted by atomic mass is 32.2. The minimum atomic E-state index is 0.331. The monoisotopic (exact) mass is 197 g/mol. The largest absolute Gasteiger partial charge is 0.438 e. The van der Waals surface area contributed by atoms with Gasteiger partial charge in [-0.1, -0.05) is 0 Å². The van der Waals surface area contributed by atoms with Gasteiger partial charge in [0.15, 0.2) is 17.9 Å². The highest BCUT2D eigenvalue weighted by molar-refractivity contribution is 8.00. The zero-order chi connectivity index (χ0) is 9.10. The van der Waals surface area contributed by atoms with Gasteiger partial charge in [-0.2, -0.15) is 11.8 Å². The summed E-state index contributed by atoms with van der Waals surface area (Å²) in [4.78, 5) is 14.4. The van der Waals surface area contributed by atoms with Crippen molar-refractivity contribution in [1.82, 2.24) is 4.98 Å². The van der Waals surface area contributed by atoms with Crippen LogP contribution in [0.4, 0.5) is 0 Å². The number of hydrogen-bond donors (Lipinski definition) is 0. The number of thioether (sulfide) groups is 1. The van der Waals surface area contributed by atoms with Gasteiger partial charge >= 0.3 is 0 Å². The third-order valence-corrected chi connectivity index (χ3v) is 3.51. The van der Waals surface area contributed by atoms with Crippen molar-refractivity contribution in [3.63, 3.8) is 0 Å². The van der Waals surface area contributed by atoms with Crippen LogP contribution in [0.3, 0.4) is 0 Å². The van der Waals surface area contributed by atoms with E-state index in [0.29, 0.717) is 23.2 Å². The van der Waals surface area contributed by atoms with Crippen LogP contribution in [-0.2, 0) is 6.42 Å². The number of oxazole rings is 1. The van der Waals surface area contributed by atoms with Gasteiger partial charge in [0.25, 0.3) is 0 Å². The van der Waals surface area contributed by atoms with E-state index >= 15 is 0 Å². The van der Waals surface area contributed by atoms with Gasteiger partial charge in [0.1, 0.15) is 0 Å². The van der Waals surface area contributed by atoms with E-state index < -0.39 is 0 Å². The molecule has 0 amide bonds. The predicted octanol–water partition coefficient (Wildman–Crippen LogP) is 1.93. The molecule has 4 heteroatoms. The summed E-state index contributed by atoms with van der Waals surface area (Å²) in [6.07, 6.45) is 5.57. The van der Waals surface area contributed by atoms with Crippen LogP contribution in [0.5, 0.6) is 0 Å². The lowest BCUT2D eigenvalue weighted by molar-refractivity contribution is 0.109. The fourth-order valence-corrected chi connectivity index (χ4v) is 2.73. The molecule has 1 unspecified atom stereocenters. The second kappa shape index (κ2) is 3.96. The maximum Gasteiger partial charge on any atom is 0.196 e. The summed E-state index contributed by atoms with van der Waals surface area (Å²) in [5.41, 5.74) is 0. The van der Waals surface area contributed by atoms with Crippen molar-refractivity contribution in [1.29, 1.82) is 0 Å². The Hall–Kier alpha value is -0.770. The molecule has 1 atom stereocenters. The molecule has 1 saturated heterocycles. The molecule has 0 saturated carbocycles. The van der Waals surface area contributed by atoms with Crippen molar-refractivity contribution in [3.05, 3.63) is 17.8 Å². The molecular weight excluding hydrogens is 186 g/mol. The Morgan fingerprint density at radius 3 is 3.31 bits per heavy atom. The quantitative estimate of drug-likeness (QED) is 0.694. The van der Waals surface area contributed by atoms with E-state index in [1.807, 2.05) is 11.8 Å². The summed E-state index contributed by atoms with van der Waals surface area (Å²) in [5, 5.41) is 0.637. The second-order valence-electron chi connectivity index (χ2n) is 3.11. The van der Waals surface area contributed by atoms with Crippen LogP contribution in [0.25, 0.3) is 0 Å². The molecule has 0 bridgehead atoms. The first-order chi connectivity index (χ1) is 6.38. The molecule has 1 aliphatic rings. The van der Waals surface area contributed by atoms with Crippen LogP contribution in [0.15, 0.2) is 10.6 Å². The van der Waals surface area contributed by atoms with Gasteiger partial charge < -0.3 is 4.42 Å². The van der Waals surface area contributed by atoms with Crippen LogP contribution in [-0.4, -0.2) is 22.3 Å². The third kappa shape index (κ3) is 2.12. The molecule has 13 heavy (non-hydrogen) atoms. The van der Waals surface area contributed by atoms with E-state index in [0.717, 1.165) is 6.42 Å². The summed E-state index contributed by atoms with van der Waals surface area (Å²) in [6, 6.07) is 0. The lowest BCUT2D eigenvalue weighted by Crippen LogP contribution is -2.01. The van der Waals surface area contributed by atoms with Crippen LogP contribution in [0.2, 0.25) is 0 Å². The van der Waals surface area contributed by atoms with E-state index in [1.165, 1.54) is 24.8 Å². The van der Waals surface area contributed by atoms with E-state index in [4.69, 9.17) is 4.42 Å². The molecule has 0 aliphatic carbocycles. The molecule has 0 spiro atoms. The molecule has 70 valence electrons. The number of carbonyl (C=O) groups excluding carboxylic acids is 1. The van der Waals surface area contributed by atoms with Crippen molar-refractivity contribution >= 4 is 18.0 Å². The van der Waals surface area contributed by atoms with Crippen LogP contribution in [0, 0.1) is 0 Å². The van der Waals surface area contributed by atoms with Gasteiger partial charge in [0, 0.05) is 11.7 Å². The van der Waals surface area contributed by atoms with Gasteiger partial charge in [0.2, 0.25) is 0 Å². The zero-order valence-corrected chi connectivity index (χ0v) is 8.05. The molecule has 0 N–H and O–H groups in total. The summed E-state index contributed by atoms with van der Waals surface area (Å²) < 4.78 is 5.20. The zero-order valence-electron chi connectivity index (χ0n) is 7.23. The first-order valence-corrected chi connectivity index (χ1v) is 5.45. The van der Waals surface area contributed by atoms with Gasteiger partial charge in [-0.15, -0.1) is 0 Å². The Morgan fingerprint density at radius 2 is 2.69 bits per heavy atom. The lowest BCUT2D eigenvalue weighted by atomic mass is 10.2. The van der Waals surface area contributed by atoms with Crippen molar-refractivity contribution < 1.29 is 9.21 Å². The fraction of sp³-hybridized carbons (Fsp3) is 0.556. The SMILES string of the molecule is O=Cc1cnc(CC2CCCS2)o1. The predicted molar refractivity (Wildman–Crippen MR) is 51.1 cm³/mol. The Morgan fingerprint density at radius 1 is 1.77 bits per heavy atom. The summed E-state index contributed by atoms with van der Waals surface area (Å²) in [7, 11) is 0. The first-order valence-electron chi connectivity index (χ1n) is 4.40. The molecule has 1 aromatic heterocycles. The highest BCUT2D eigenvalue weighted by Gasteiger charge is 2.18. The van der Waals surface area contributed by atoms with Crippen LogP contribution in [0.1, 0.15) is 29.3 Å². The summed E-state index contributed by atoms with van der Waals surface area (Å²) in [6.45, 7) is 0. The van der Waals surface area contributed by atoms with E-state index in [-0.39, 0.29) is 0 Å². The Labute approximate surface area is 80.9 Å². The molecular formula is C9H11NO2S. The highest BCUT2D eigenvalue weighted by Crippen LogP contribution is 2.28. The Balaban J connectivity index is 1.96. The van der Waals surface area contributed by atoms with Gasteiger partial charge in [-0.25, -0.2) is 4.98 Å². The average Bonchev–Trinajstić information content (AvgIpc) is 2.76. The molecule has 2 heterocycles. The number of aromatic nitrogens is 1. The van der Waals surface area contributed by atoms with Gasteiger partial charge in [0.05, 0.1) is 6.20 Å². The second-order valence-corrected chi connectivity index (χ2v) is 4.52.